The zero-order valence-electron chi connectivity index (χ0n) is 17.3. The van der Waals surface area contributed by atoms with Crippen LogP contribution < -0.4 is 0 Å². The van der Waals surface area contributed by atoms with E-state index in [1.165, 1.54) is 11.1 Å². The van der Waals surface area contributed by atoms with Crippen molar-refractivity contribution in [3.05, 3.63) is 83.4 Å². The maximum Gasteiger partial charge on any atom is 0.121 e. The summed E-state index contributed by atoms with van der Waals surface area (Å²) in [6.45, 7) is 7.29. The highest BCUT2D eigenvalue weighted by atomic mass is 16.5. The van der Waals surface area contributed by atoms with Crippen molar-refractivity contribution >= 4 is 5.52 Å². The number of rotatable bonds is 4. The van der Waals surface area contributed by atoms with Crippen LogP contribution in [0.1, 0.15) is 28.7 Å². The maximum absolute atomic E-state index is 6.07. The minimum Gasteiger partial charge on any atom is -0.369 e. The Balaban J connectivity index is 1.37. The molecule has 1 aliphatic heterocycles. The van der Waals surface area contributed by atoms with E-state index in [1.807, 2.05) is 23.7 Å². The summed E-state index contributed by atoms with van der Waals surface area (Å²) in [4.78, 5) is 7.01. The van der Waals surface area contributed by atoms with Crippen molar-refractivity contribution in [3.63, 3.8) is 0 Å². The third-order valence-electron chi connectivity index (χ3n) is 5.61. The van der Waals surface area contributed by atoms with Crippen LogP contribution >= 0.6 is 0 Å². The fourth-order valence-electron chi connectivity index (χ4n) is 3.99. The second kappa shape index (κ2) is 7.97. The highest BCUT2D eigenvalue weighted by Gasteiger charge is 2.26. The molecule has 5 rings (SSSR count). The van der Waals surface area contributed by atoms with Gasteiger partial charge in [-0.2, -0.15) is 0 Å². The van der Waals surface area contributed by atoms with Crippen LogP contribution in [0.5, 0.6) is 0 Å². The van der Waals surface area contributed by atoms with Crippen molar-refractivity contribution in [2.45, 2.75) is 26.5 Å². The molecule has 0 amide bonds. The van der Waals surface area contributed by atoms with Gasteiger partial charge in [0.05, 0.1) is 17.8 Å². The lowest BCUT2D eigenvalue weighted by Gasteiger charge is -2.31. The number of aryl methyl sites for hydroxylation is 2. The van der Waals surface area contributed by atoms with E-state index >= 15 is 0 Å². The summed E-state index contributed by atoms with van der Waals surface area (Å²) < 4.78 is 7.93. The maximum atomic E-state index is 6.07. The van der Waals surface area contributed by atoms with Crippen molar-refractivity contribution in [1.29, 1.82) is 0 Å². The van der Waals surface area contributed by atoms with Gasteiger partial charge in [0.1, 0.15) is 11.8 Å². The third-order valence-corrected chi connectivity index (χ3v) is 5.61. The van der Waals surface area contributed by atoms with E-state index in [9.17, 15) is 0 Å². The highest BCUT2D eigenvalue weighted by molar-refractivity contribution is 5.66. The van der Waals surface area contributed by atoms with Gasteiger partial charge in [0.2, 0.25) is 0 Å². The van der Waals surface area contributed by atoms with Gasteiger partial charge in [-0.25, -0.2) is 4.52 Å². The SMILES string of the molecule is Cc1ccc(-c2ccc3c(C4CN(Cc5cccc(C)n5)CCO4)nnn3c2)cc1. The Morgan fingerprint density at radius 3 is 2.67 bits per heavy atom. The van der Waals surface area contributed by atoms with E-state index < -0.39 is 0 Å². The fourth-order valence-corrected chi connectivity index (χ4v) is 3.99. The Kier molecular flexibility index (Phi) is 5.02. The first-order valence-electron chi connectivity index (χ1n) is 10.3. The number of fused-ring (bicyclic) bond motifs is 1. The molecule has 1 saturated heterocycles. The monoisotopic (exact) mass is 399 g/mol. The van der Waals surface area contributed by atoms with E-state index in [4.69, 9.17) is 4.74 Å². The van der Waals surface area contributed by atoms with Crippen LogP contribution in [0.2, 0.25) is 0 Å². The van der Waals surface area contributed by atoms with Gasteiger partial charge in [-0.15, -0.1) is 5.10 Å². The molecule has 1 aromatic carbocycles. The topological polar surface area (TPSA) is 55.5 Å². The van der Waals surface area contributed by atoms with Gasteiger partial charge < -0.3 is 4.74 Å². The Morgan fingerprint density at radius 1 is 1.00 bits per heavy atom. The van der Waals surface area contributed by atoms with Crippen LogP contribution in [0.3, 0.4) is 0 Å². The second-order valence-electron chi connectivity index (χ2n) is 7.95. The quantitative estimate of drug-likeness (QED) is 0.520. The van der Waals surface area contributed by atoms with Gasteiger partial charge in [0.15, 0.2) is 0 Å². The predicted octanol–water partition coefficient (Wildman–Crippen LogP) is 3.98. The molecular formula is C24H25N5O. The van der Waals surface area contributed by atoms with Gasteiger partial charge >= 0.3 is 0 Å². The number of aromatic nitrogens is 4. The molecule has 1 aliphatic rings. The minimum atomic E-state index is -0.0914. The first-order chi connectivity index (χ1) is 14.7. The zero-order chi connectivity index (χ0) is 20.5. The van der Waals surface area contributed by atoms with Crippen molar-refractivity contribution in [2.24, 2.45) is 0 Å². The Bertz CT molecular complexity index is 1170. The summed E-state index contributed by atoms with van der Waals surface area (Å²) in [6.07, 6.45) is 1.94. The van der Waals surface area contributed by atoms with Gasteiger partial charge in [-0.3, -0.25) is 9.88 Å². The molecule has 30 heavy (non-hydrogen) atoms. The molecule has 6 nitrogen and oxygen atoms in total. The lowest BCUT2D eigenvalue weighted by molar-refractivity contribution is -0.0346. The number of ether oxygens (including phenoxy) is 1. The summed E-state index contributed by atoms with van der Waals surface area (Å²) in [5.41, 5.74) is 7.57. The molecule has 0 aliphatic carbocycles. The van der Waals surface area contributed by atoms with E-state index in [2.05, 4.69) is 75.7 Å². The first-order valence-corrected chi connectivity index (χ1v) is 10.3. The Hall–Kier alpha value is -3.09. The van der Waals surface area contributed by atoms with E-state index in [1.54, 1.807) is 0 Å². The second-order valence-corrected chi connectivity index (χ2v) is 7.95. The molecule has 6 heteroatoms. The molecule has 1 fully saturated rings. The van der Waals surface area contributed by atoms with Crippen molar-refractivity contribution < 1.29 is 4.74 Å². The van der Waals surface area contributed by atoms with Gasteiger partial charge in [0.25, 0.3) is 0 Å². The van der Waals surface area contributed by atoms with E-state index in [-0.39, 0.29) is 6.10 Å². The molecule has 1 atom stereocenters. The summed E-state index contributed by atoms with van der Waals surface area (Å²) in [5, 5.41) is 8.84. The molecule has 4 aromatic rings. The average Bonchev–Trinajstić information content (AvgIpc) is 3.18. The molecule has 0 spiro atoms. The molecule has 0 saturated carbocycles. The zero-order valence-corrected chi connectivity index (χ0v) is 17.3. The van der Waals surface area contributed by atoms with Crippen molar-refractivity contribution in [2.75, 3.05) is 19.7 Å². The molecule has 3 aromatic heterocycles. The molecule has 0 bridgehead atoms. The smallest absolute Gasteiger partial charge is 0.121 e. The van der Waals surface area contributed by atoms with Gasteiger partial charge in [-0.05, 0) is 37.6 Å². The highest BCUT2D eigenvalue weighted by Crippen LogP contribution is 2.27. The summed E-state index contributed by atoms with van der Waals surface area (Å²) in [7, 11) is 0. The number of hydrogen-bond donors (Lipinski definition) is 0. The van der Waals surface area contributed by atoms with Crippen LogP contribution in [0.15, 0.2) is 60.8 Å². The lowest BCUT2D eigenvalue weighted by Crippen LogP contribution is -2.38. The third kappa shape index (κ3) is 3.84. The van der Waals surface area contributed by atoms with Crippen LogP contribution in [0.4, 0.5) is 0 Å². The molecule has 0 radical (unpaired) electrons. The van der Waals surface area contributed by atoms with Crippen molar-refractivity contribution in [3.8, 4) is 11.1 Å². The number of hydrogen-bond acceptors (Lipinski definition) is 5. The summed E-state index contributed by atoms with van der Waals surface area (Å²) >= 11 is 0. The van der Waals surface area contributed by atoms with Gasteiger partial charge in [-0.1, -0.05) is 47.2 Å². The standard InChI is InChI=1S/C24H25N5O/c1-17-6-8-19(9-7-17)20-10-11-22-24(26-27-29(22)14-20)23-16-28(12-13-30-23)15-21-5-3-4-18(2)25-21/h3-11,14,23H,12-13,15-16H2,1-2H3. The van der Waals surface area contributed by atoms with Crippen LogP contribution in [-0.2, 0) is 11.3 Å². The van der Waals surface area contributed by atoms with Gasteiger partial charge in [0, 0.05) is 37.1 Å². The minimum absolute atomic E-state index is 0.0914. The molecule has 0 N–H and O–H groups in total. The summed E-state index contributed by atoms with van der Waals surface area (Å²) in [5.74, 6) is 0. The molecule has 1 unspecified atom stereocenters. The lowest BCUT2D eigenvalue weighted by atomic mass is 10.1. The summed E-state index contributed by atoms with van der Waals surface area (Å²) in [6, 6.07) is 18.9. The predicted molar refractivity (Wildman–Crippen MR) is 116 cm³/mol. The fraction of sp³-hybridized carbons (Fsp3) is 0.292. The van der Waals surface area contributed by atoms with Crippen LogP contribution in [0.25, 0.3) is 16.6 Å². The number of morpholine rings is 1. The first kappa shape index (κ1) is 18.9. The van der Waals surface area contributed by atoms with Crippen LogP contribution in [-0.4, -0.2) is 44.4 Å². The molecular weight excluding hydrogens is 374 g/mol. The number of nitrogens with zero attached hydrogens (tertiary/aromatic N) is 5. The Morgan fingerprint density at radius 2 is 1.83 bits per heavy atom. The van der Waals surface area contributed by atoms with E-state index in [0.717, 1.165) is 47.8 Å². The van der Waals surface area contributed by atoms with Crippen molar-refractivity contribution in [1.82, 2.24) is 24.7 Å². The normalized spacial score (nSPS) is 17.5. The average molecular weight is 399 g/mol. The Labute approximate surface area is 176 Å². The number of benzene rings is 1. The van der Waals surface area contributed by atoms with Crippen LogP contribution in [0, 0.1) is 13.8 Å². The molecule has 152 valence electrons. The van der Waals surface area contributed by atoms with E-state index in [0.29, 0.717) is 6.61 Å². The largest absolute Gasteiger partial charge is 0.369 e. The molecule has 4 heterocycles. The number of pyridine rings is 2.